The third-order valence-electron chi connectivity index (χ3n) is 3.37. The van der Waals surface area contributed by atoms with Crippen molar-refractivity contribution in [1.29, 1.82) is 0 Å². The van der Waals surface area contributed by atoms with E-state index >= 15 is 0 Å². The number of aliphatic hydroxyl groups is 1. The third-order valence-corrected chi connectivity index (χ3v) is 5.76. The van der Waals surface area contributed by atoms with E-state index in [2.05, 4.69) is 5.32 Å². The first kappa shape index (κ1) is 15.2. The van der Waals surface area contributed by atoms with E-state index < -0.39 is 0 Å². The number of amides is 1. The number of hydrogen-bond donors (Lipinski definition) is 2. The van der Waals surface area contributed by atoms with E-state index in [1.54, 1.807) is 23.1 Å². The lowest BCUT2D eigenvalue weighted by atomic mass is 10.0. The Kier molecular flexibility index (Phi) is 5.57. The molecule has 19 heavy (non-hydrogen) atoms. The zero-order chi connectivity index (χ0) is 13.7. The van der Waals surface area contributed by atoms with E-state index in [0.29, 0.717) is 12.3 Å². The average molecular weight is 320 g/mol. The second-order valence-corrected chi connectivity index (χ2v) is 7.73. The minimum atomic E-state index is 0.0804. The molecule has 2 N–H and O–H groups in total. The molecule has 1 aromatic heterocycles. The predicted molar refractivity (Wildman–Crippen MR) is 81.9 cm³/mol. The van der Waals surface area contributed by atoms with Crippen LogP contribution in [0.25, 0.3) is 0 Å². The van der Waals surface area contributed by atoms with Crippen LogP contribution in [0.2, 0.25) is 4.34 Å². The van der Waals surface area contributed by atoms with Crippen molar-refractivity contribution < 1.29 is 9.90 Å². The van der Waals surface area contributed by atoms with E-state index in [1.165, 1.54) is 4.88 Å². The van der Waals surface area contributed by atoms with Crippen molar-refractivity contribution in [3.63, 3.8) is 0 Å². The van der Waals surface area contributed by atoms with Crippen LogP contribution in [-0.2, 0) is 10.5 Å². The van der Waals surface area contributed by atoms with Crippen LogP contribution < -0.4 is 5.32 Å². The van der Waals surface area contributed by atoms with Gasteiger partial charge in [-0.2, -0.15) is 0 Å². The van der Waals surface area contributed by atoms with Crippen LogP contribution in [0.15, 0.2) is 12.1 Å². The van der Waals surface area contributed by atoms with Crippen molar-refractivity contribution in [2.24, 2.45) is 5.41 Å². The number of nitrogens with one attached hydrogen (secondary N) is 1. The molecule has 0 radical (unpaired) electrons. The number of thiophene rings is 1. The van der Waals surface area contributed by atoms with Gasteiger partial charge in [0.05, 0.1) is 10.1 Å². The summed E-state index contributed by atoms with van der Waals surface area (Å²) in [6, 6.07) is 3.88. The molecule has 0 saturated heterocycles. The molecule has 0 spiro atoms. The number of halogens is 1. The van der Waals surface area contributed by atoms with E-state index in [0.717, 1.165) is 29.4 Å². The summed E-state index contributed by atoms with van der Waals surface area (Å²) < 4.78 is 0.791. The minimum absolute atomic E-state index is 0.0804. The predicted octanol–water partition coefficient (Wildman–Crippen LogP) is 2.91. The summed E-state index contributed by atoms with van der Waals surface area (Å²) in [5, 5.41) is 11.9. The minimum Gasteiger partial charge on any atom is -0.396 e. The molecule has 1 saturated carbocycles. The quantitative estimate of drug-likeness (QED) is 0.774. The first-order chi connectivity index (χ1) is 9.13. The van der Waals surface area contributed by atoms with Gasteiger partial charge in [0.15, 0.2) is 0 Å². The lowest BCUT2D eigenvalue weighted by molar-refractivity contribution is -0.118. The SMILES string of the molecule is O=C(CSCc1ccc(Cl)s1)NCC1(CCO)CC1. The Morgan fingerprint density at radius 2 is 2.32 bits per heavy atom. The molecule has 0 aromatic carbocycles. The summed E-state index contributed by atoms with van der Waals surface area (Å²) in [5.74, 6) is 1.38. The van der Waals surface area contributed by atoms with Crippen molar-refractivity contribution in [2.45, 2.75) is 25.0 Å². The Balaban J connectivity index is 1.60. The molecule has 2 rings (SSSR count). The summed E-state index contributed by atoms with van der Waals surface area (Å²) in [6.07, 6.45) is 3.04. The molecule has 1 aromatic rings. The Bertz CT molecular complexity index is 432. The summed E-state index contributed by atoms with van der Waals surface area (Å²) in [6.45, 7) is 0.918. The van der Waals surface area contributed by atoms with Crippen molar-refractivity contribution in [1.82, 2.24) is 5.32 Å². The number of rotatable bonds is 8. The van der Waals surface area contributed by atoms with Crippen LogP contribution in [0.5, 0.6) is 0 Å². The van der Waals surface area contributed by atoms with Gasteiger partial charge in [-0.25, -0.2) is 0 Å². The van der Waals surface area contributed by atoms with Gasteiger partial charge in [0.1, 0.15) is 0 Å². The average Bonchev–Trinajstić information content (AvgIpc) is 3.02. The van der Waals surface area contributed by atoms with Gasteiger partial charge in [0, 0.05) is 23.8 Å². The monoisotopic (exact) mass is 319 g/mol. The molecule has 106 valence electrons. The third kappa shape index (κ3) is 4.99. The van der Waals surface area contributed by atoms with Crippen LogP contribution in [0.4, 0.5) is 0 Å². The van der Waals surface area contributed by atoms with Crippen LogP contribution in [0.1, 0.15) is 24.1 Å². The first-order valence-electron chi connectivity index (χ1n) is 6.33. The second-order valence-electron chi connectivity index (χ2n) is 4.95. The standard InChI is InChI=1S/C13H18ClNO2S2/c14-11-2-1-10(19-11)7-18-8-12(17)15-9-13(3-4-13)5-6-16/h1-2,16H,3-9H2,(H,15,17). The molecule has 0 bridgehead atoms. The zero-order valence-corrected chi connectivity index (χ0v) is 13.0. The highest BCUT2D eigenvalue weighted by atomic mass is 35.5. The molecule has 0 aliphatic heterocycles. The van der Waals surface area contributed by atoms with Gasteiger partial charge in [-0.1, -0.05) is 11.6 Å². The largest absolute Gasteiger partial charge is 0.396 e. The molecule has 0 unspecified atom stereocenters. The lowest BCUT2D eigenvalue weighted by Gasteiger charge is -2.14. The molecule has 1 aliphatic carbocycles. The number of carbonyl (C=O) groups excluding carboxylic acids is 1. The van der Waals surface area contributed by atoms with Gasteiger partial charge in [-0.05, 0) is 36.8 Å². The van der Waals surface area contributed by atoms with Gasteiger partial charge in [0.25, 0.3) is 0 Å². The normalized spacial score (nSPS) is 16.3. The van der Waals surface area contributed by atoms with Gasteiger partial charge in [0.2, 0.25) is 5.91 Å². The smallest absolute Gasteiger partial charge is 0.230 e. The van der Waals surface area contributed by atoms with Crippen molar-refractivity contribution in [3.05, 3.63) is 21.3 Å². The van der Waals surface area contributed by atoms with Crippen molar-refractivity contribution in [3.8, 4) is 0 Å². The van der Waals surface area contributed by atoms with E-state index in [1.807, 2.05) is 12.1 Å². The highest BCUT2D eigenvalue weighted by Crippen LogP contribution is 2.47. The molecule has 0 atom stereocenters. The number of hydrogen-bond acceptors (Lipinski definition) is 4. The van der Waals surface area contributed by atoms with E-state index in [-0.39, 0.29) is 17.9 Å². The summed E-state index contributed by atoms with van der Waals surface area (Å²) >= 11 is 9.01. The lowest BCUT2D eigenvalue weighted by Crippen LogP contribution is -2.31. The van der Waals surface area contributed by atoms with Crippen molar-refractivity contribution in [2.75, 3.05) is 18.9 Å². The van der Waals surface area contributed by atoms with Gasteiger partial charge >= 0.3 is 0 Å². The van der Waals surface area contributed by atoms with Crippen LogP contribution in [-0.4, -0.2) is 29.9 Å². The molecule has 1 aliphatic rings. The van der Waals surface area contributed by atoms with Crippen molar-refractivity contribution >= 4 is 40.6 Å². The highest BCUT2D eigenvalue weighted by molar-refractivity contribution is 7.99. The Labute approximate surface area is 126 Å². The number of aliphatic hydroxyl groups excluding tert-OH is 1. The fourth-order valence-corrected chi connectivity index (χ4v) is 4.00. The molecule has 3 nitrogen and oxygen atoms in total. The Hall–Kier alpha value is -0.230. The fraction of sp³-hybridized carbons (Fsp3) is 0.615. The second kappa shape index (κ2) is 6.97. The molecular weight excluding hydrogens is 302 g/mol. The molecular formula is C13H18ClNO2S2. The van der Waals surface area contributed by atoms with Gasteiger partial charge in [-0.15, -0.1) is 23.1 Å². The summed E-state index contributed by atoms with van der Waals surface area (Å²) in [5.41, 5.74) is 0.191. The maximum atomic E-state index is 11.7. The number of carbonyl (C=O) groups is 1. The van der Waals surface area contributed by atoms with E-state index in [9.17, 15) is 4.79 Å². The van der Waals surface area contributed by atoms with Crippen LogP contribution >= 0.6 is 34.7 Å². The van der Waals surface area contributed by atoms with Crippen LogP contribution in [0, 0.1) is 5.41 Å². The molecule has 1 amide bonds. The first-order valence-corrected chi connectivity index (χ1v) is 8.68. The molecule has 6 heteroatoms. The molecule has 1 fully saturated rings. The van der Waals surface area contributed by atoms with E-state index in [4.69, 9.17) is 16.7 Å². The summed E-state index contributed by atoms with van der Waals surface area (Å²) in [4.78, 5) is 12.9. The van der Waals surface area contributed by atoms with Gasteiger partial charge < -0.3 is 10.4 Å². The molecule has 1 heterocycles. The topological polar surface area (TPSA) is 49.3 Å². The maximum Gasteiger partial charge on any atom is 0.230 e. The summed E-state index contributed by atoms with van der Waals surface area (Å²) in [7, 11) is 0. The Morgan fingerprint density at radius 1 is 1.53 bits per heavy atom. The fourth-order valence-electron chi connectivity index (χ4n) is 1.94. The number of thioether (sulfide) groups is 1. The maximum absolute atomic E-state index is 11.7. The Morgan fingerprint density at radius 3 is 2.89 bits per heavy atom. The van der Waals surface area contributed by atoms with Gasteiger partial charge in [-0.3, -0.25) is 4.79 Å². The van der Waals surface area contributed by atoms with Crippen LogP contribution in [0.3, 0.4) is 0 Å². The zero-order valence-electron chi connectivity index (χ0n) is 10.7. The highest BCUT2D eigenvalue weighted by Gasteiger charge is 2.41.